The molecule has 0 bridgehead atoms. The number of nitrogens with one attached hydrogen (secondary N) is 3. The minimum atomic E-state index is -4.78. The summed E-state index contributed by atoms with van der Waals surface area (Å²) < 4.78 is 66.1. The Morgan fingerprint density at radius 3 is 2.50 bits per heavy atom. The smallest absolute Gasteiger partial charge is 0.394 e. The highest BCUT2D eigenvalue weighted by Gasteiger charge is 2.35. The summed E-state index contributed by atoms with van der Waals surface area (Å²) in [5.74, 6) is -1.11. The first-order valence-corrected chi connectivity index (χ1v) is 13.9. The number of nitrogens with zero attached hydrogens (tertiary/aromatic N) is 4. The van der Waals surface area contributed by atoms with Crippen molar-refractivity contribution in [2.45, 2.75) is 32.6 Å². The molecule has 11 nitrogen and oxygen atoms in total. The third-order valence-corrected chi connectivity index (χ3v) is 7.07. The zero-order chi connectivity index (χ0) is 29.7. The lowest BCUT2D eigenvalue weighted by molar-refractivity contribution is -0.137. The molecule has 2 heterocycles. The van der Waals surface area contributed by atoms with Crippen molar-refractivity contribution in [2.75, 3.05) is 34.8 Å². The molecule has 1 aromatic carbocycles. The summed E-state index contributed by atoms with van der Waals surface area (Å²) in [7, 11) is -2.38. The number of rotatable bonds is 11. The molecule has 15 heteroatoms. The first-order chi connectivity index (χ1) is 18.7. The lowest BCUT2D eigenvalue weighted by atomic mass is 10.0. The molecule has 3 aromatic rings. The highest BCUT2D eigenvalue weighted by molar-refractivity contribution is 7.92. The third-order valence-electron chi connectivity index (χ3n) is 5.90. The minimum absolute atomic E-state index is 0.00348. The number of hydrogen-bond donors (Lipinski definition) is 4. The SMILES string of the molecule is CC(C)[C@@H](CO)NC(=O)c1cccc(Nc2ncc(C(F)(F)F)c(NCc3cccnc3N(C)S(C)(=O)=O)n2)c1. The number of amides is 1. The highest BCUT2D eigenvalue weighted by Crippen LogP contribution is 2.34. The van der Waals surface area contributed by atoms with Gasteiger partial charge in [-0.2, -0.15) is 18.2 Å². The number of aliphatic hydroxyl groups is 1. The van der Waals surface area contributed by atoms with E-state index in [0.29, 0.717) is 17.4 Å². The van der Waals surface area contributed by atoms with Crippen molar-refractivity contribution in [1.82, 2.24) is 20.3 Å². The van der Waals surface area contributed by atoms with Crippen LogP contribution in [0.15, 0.2) is 48.8 Å². The number of benzene rings is 1. The molecule has 0 saturated carbocycles. The summed E-state index contributed by atoms with van der Waals surface area (Å²) in [5, 5.41) is 17.6. The molecule has 0 aliphatic rings. The second-order valence-corrected chi connectivity index (χ2v) is 11.2. The van der Waals surface area contributed by atoms with Gasteiger partial charge in [-0.25, -0.2) is 18.4 Å². The number of sulfonamides is 1. The molecule has 0 aliphatic carbocycles. The molecule has 0 aliphatic heterocycles. The van der Waals surface area contributed by atoms with Crippen LogP contribution in [0.25, 0.3) is 0 Å². The summed E-state index contributed by atoms with van der Waals surface area (Å²) in [6.07, 6.45) is -1.80. The Hall–Kier alpha value is -3.98. The average Bonchev–Trinajstić information content (AvgIpc) is 2.89. The van der Waals surface area contributed by atoms with Gasteiger partial charge in [0, 0.05) is 42.8 Å². The van der Waals surface area contributed by atoms with Crippen LogP contribution in [-0.2, 0) is 22.7 Å². The van der Waals surface area contributed by atoms with E-state index in [2.05, 4.69) is 30.9 Å². The van der Waals surface area contributed by atoms with Crippen LogP contribution in [0.4, 0.5) is 36.4 Å². The van der Waals surface area contributed by atoms with Crippen LogP contribution in [0.2, 0.25) is 0 Å². The van der Waals surface area contributed by atoms with Gasteiger partial charge in [0.15, 0.2) is 0 Å². The molecular weight excluding hydrogens is 551 g/mol. The second-order valence-electron chi connectivity index (χ2n) is 9.24. The molecule has 4 N–H and O–H groups in total. The Morgan fingerprint density at radius 2 is 1.88 bits per heavy atom. The van der Waals surface area contributed by atoms with Gasteiger partial charge in [0.2, 0.25) is 16.0 Å². The molecule has 1 atom stereocenters. The number of halogens is 3. The summed E-state index contributed by atoms with van der Waals surface area (Å²) in [6.45, 7) is 3.25. The number of carbonyl (C=O) groups is 1. The van der Waals surface area contributed by atoms with Gasteiger partial charge in [0.25, 0.3) is 5.91 Å². The average molecular weight is 582 g/mol. The Labute approximate surface area is 229 Å². The topological polar surface area (TPSA) is 149 Å². The van der Waals surface area contributed by atoms with Crippen LogP contribution in [0.1, 0.15) is 35.3 Å². The monoisotopic (exact) mass is 581 g/mol. The van der Waals surface area contributed by atoms with Gasteiger partial charge in [0.1, 0.15) is 17.2 Å². The van der Waals surface area contributed by atoms with Gasteiger partial charge in [0.05, 0.1) is 18.9 Å². The number of carbonyl (C=O) groups excluding carboxylic acids is 1. The fourth-order valence-electron chi connectivity index (χ4n) is 3.51. The highest BCUT2D eigenvalue weighted by atomic mass is 32.2. The Morgan fingerprint density at radius 1 is 1.15 bits per heavy atom. The molecule has 0 unspecified atom stereocenters. The minimum Gasteiger partial charge on any atom is -0.394 e. The first-order valence-electron chi connectivity index (χ1n) is 12.1. The van der Waals surface area contributed by atoms with E-state index in [1.807, 2.05) is 13.8 Å². The van der Waals surface area contributed by atoms with Gasteiger partial charge in [-0.05, 0) is 30.2 Å². The molecule has 0 radical (unpaired) electrons. The van der Waals surface area contributed by atoms with Crippen molar-refractivity contribution in [2.24, 2.45) is 5.92 Å². The summed E-state index contributed by atoms with van der Waals surface area (Å²) in [5.41, 5.74) is -0.212. The van der Waals surface area contributed by atoms with E-state index < -0.39 is 39.5 Å². The van der Waals surface area contributed by atoms with Gasteiger partial charge in [-0.15, -0.1) is 0 Å². The maximum absolute atomic E-state index is 13.7. The number of hydrogen-bond acceptors (Lipinski definition) is 9. The molecular formula is C25H30F3N7O4S. The molecule has 0 spiro atoms. The predicted octanol–water partition coefficient (Wildman–Crippen LogP) is 3.39. The molecule has 216 valence electrons. The Kier molecular flexibility index (Phi) is 9.52. The van der Waals surface area contributed by atoms with Crippen molar-refractivity contribution >= 4 is 39.2 Å². The quantitative estimate of drug-likeness (QED) is 0.267. The number of pyridine rings is 1. The molecule has 0 saturated heterocycles. The summed E-state index contributed by atoms with van der Waals surface area (Å²) >= 11 is 0. The largest absolute Gasteiger partial charge is 0.421 e. The maximum atomic E-state index is 13.7. The van der Waals surface area contributed by atoms with Crippen molar-refractivity contribution in [3.05, 3.63) is 65.5 Å². The summed E-state index contributed by atoms with van der Waals surface area (Å²) in [6, 6.07) is 8.79. The lowest BCUT2D eigenvalue weighted by Gasteiger charge is -2.20. The first kappa shape index (κ1) is 30.6. The molecule has 3 rings (SSSR count). The van der Waals surface area contributed by atoms with E-state index in [4.69, 9.17) is 0 Å². The van der Waals surface area contributed by atoms with Crippen molar-refractivity contribution in [3.8, 4) is 0 Å². The van der Waals surface area contributed by atoms with E-state index in [-0.39, 0.29) is 36.4 Å². The number of alkyl halides is 3. The third kappa shape index (κ3) is 7.79. The van der Waals surface area contributed by atoms with Crippen LogP contribution in [0.3, 0.4) is 0 Å². The number of aromatic nitrogens is 3. The predicted molar refractivity (Wildman–Crippen MR) is 145 cm³/mol. The normalized spacial score (nSPS) is 12.6. The van der Waals surface area contributed by atoms with Crippen molar-refractivity contribution < 1.29 is 31.5 Å². The van der Waals surface area contributed by atoms with Crippen LogP contribution in [0.5, 0.6) is 0 Å². The zero-order valence-corrected chi connectivity index (χ0v) is 23.0. The molecule has 2 aromatic heterocycles. The van der Waals surface area contributed by atoms with Gasteiger partial charge in [-0.3, -0.25) is 9.10 Å². The van der Waals surface area contributed by atoms with Crippen LogP contribution in [0, 0.1) is 5.92 Å². The fraction of sp³-hybridized carbons (Fsp3) is 0.360. The second kappa shape index (κ2) is 12.5. The van der Waals surface area contributed by atoms with Crippen LogP contribution >= 0.6 is 0 Å². The Balaban J connectivity index is 1.86. The Bertz CT molecular complexity index is 1450. The molecule has 1 amide bonds. The van der Waals surface area contributed by atoms with Crippen molar-refractivity contribution in [1.29, 1.82) is 0 Å². The van der Waals surface area contributed by atoms with E-state index >= 15 is 0 Å². The van der Waals surface area contributed by atoms with E-state index in [1.54, 1.807) is 18.2 Å². The summed E-state index contributed by atoms with van der Waals surface area (Å²) in [4.78, 5) is 24.4. The number of anilines is 4. The van der Waals surface area contributed by atoms with Crippen LogP contribution < -0.4 is 20.3 Å². The van der Waals surface area contributed by atoms with E-state index in [1.165, 1.54) is 31.4 Å². The van der Waals surface area contributed by atoms with Gasteiger partial charge < -0.3 is 21.1 Å². The maximum Gasteiger partial charge on any atom is 0.421 e. The van der Waals surface area contributed by atoms with E-state index in [9.17, 15) is 31.5 Å². The molecule has 0 fully saturated rings. The fourth-order valence-corrected chi connectivity index (χ4v) is 3.99. The lowest BCUT2D eigenvalue weighted by Crippen LogP contribution is -2.41. The van der Waals surface area contributed by atoms with E-state index in [0.717, 1.165) is 10.6 Å². The van der Waals surface area contributed by atoms with Crippen molar-refractivity contribution in [3.63, 3.8) is 0 Å². The standard InChI is InChI=1S/C25H30F3N7O4S/c1-15(2)20(14-36)33-23(37)16-7-5-9-18(11-16)32-24-31-13-19(25(26,27)28)21(34-24)30-12-17-8-6-10-29-22(17)35(3)40(4,38)39/h5-11,13,15,20,36H,12,14H2,1-4H3,(H,33,37)(H2,30,31,32,34)/t20-/m1/s1. The van der Waals surface area contributed by atoms with Gasteiger partial charge in [-0.1, -0.05) is 26.0 Å². The number of aliphatic hydroxyl groups excluding tert-OH is 1. The zero-order valence-electron chi connectivity index (χ0n) is 22.2. The molecule has 40 heavy (non-hydrogen) atoms. The van der Waals surface area contributed by atoms with Gasteiger partial charge >= 0.3 is 6.18 Å². The van der Waals surface area contributed by atoms with Crippen LogP contribution in [-0.4, -0.2) is 60.3 Å².